The second-order valence-electron chi connectivity index (χ2n) is 2.67. The van der Waals surface area contributed by atoms with Gasteiger partial charge in [-0.05, 0) is 31.2 Å². The minimum atomic E-state index is -0.983. The highest BCUT2D eigenvalue weighted by Gasteiger charge is 2.07. The van der Waals surface area contributed by atoms with Crippen LogP contribution < -0.4 is 5.32 Å². The lowest BCUT2D eigenvalue weighted by Gasteiger charge is -2.06. The lowest BCUT2D eigenvalue weighted by atomic mass is 10.3. The number of halogens is 1. The van der Waals surface area contributed by atoms with Crippen molar-refractivity contribution in [2.75, 3.05) is 5.32 Å². The van der Waals surface area contributed by atoms with Crippen LogP contribution in [0, 0.1) is 0 Å². The predicted octanol–water partition coefficient (Wildman–Crippen LogP) is 1.77. The first-order chi connectivity index (χ1) is 6.09. The van der Waals surface area contributed by atoms with E-state index in [2.05, 4.69) is 21.2 Å². The minimum Gasteiger partial charge on any atom is -0.384 e. The number of hydrogen-bond donors (Lipinski definition) is 2. The molecule has 0 bridgehead atoms. The van der Waals surface area contributed by atoms with E-state index in [1.54, 1.807) is 12.1 Å². The predicted molar refractivity (Wildman–Crippen MR) is 54.5 cm³/mol. The van der Waals surface area contributed by atoms with Crippen molar-refractivity contribution in [3.05, 3.63) is 28.7 Å². The number of aliphatic hydroxyl groups excluding tert-OH is 1. The Balaban J connectivity index is 2.65. The zero-order valence-electron chi connectivity index (χ0n) is 7.12. The van der Waals surface area contributed by atoms with Crippen molar-refractivity contribution in [1.29, 1.82) is 0 Å². The van der Waals surface area contributed by atoms with Crippen molar-refractivity contribution in [3.8, 4) is 0 Å². The minimum absolute atomic E-state index is 0.401. The molecule has 0 saturated carbocycles. The number of amides is 1. The van der Waals surface area contributed by atoms with Gasteiger partial charge in [-0.3, -0.25) is 4.79 Å². The Kier molecular flexibility index (Phi) is 3.45. The summed E-state index contributed by atoms with van der Waals surface area (Å²) in [5, 5.41) is 11.5. The Hall–Kier alpha value is -0.870. The molecule has 3 nitrogen and oxygen atoms in total. The third-order valence-electron chi connectivity index (χ3n) is 1.49. The van der Waals surface area contributed by atoms with Gasteiger partial charge >= 0.3 is 0 Å². The summed E-state index contributed by atoms with van der Waals surface area (Å²) in [6, 6.07) is 7.14. The standard InChI is InChI=1S/C9H10BrNO2/c1-6(12)9(13)11-8-4-2-7(10)3-5-8/h2-6,12H,1H3,(H,11,13)/t6-/m0/s1. The van der Waals surface area contributed by atoms with Crippen LogP contribution in [0.15, 0.2) is 28.7 Å². The first kappa shape index (κ1) is 10.2. The van der Waals surface area contributed by atoms with Gasteiger partial charge in [-0.2, -0.15) is 0 Å². The fourth-order valence-electron chi connectivity index (χ4n) is 0.780. The number of anilines is 1. The maximum Gasteiger partial charge on any atom is 0.252 e. The first-order valence-electron chi connectivity index (χ1n) is 3.84. The molecule has 0 radical (unpaired) electrons. The van der Waals surface area contributed by atoms with Crippen molar-refractivity contribution in [2.24, 2.45) is 0 Å². The number of rotatable bonds is 2. The molecule has 0 heterocycles. The highest BCUT2D eigenvalue weighted by molar-refractivity contribution is 9.10. The molecule has 70 valence electrons. The molecule has 2 N–H and O–H groups in total. The maximum absolute atomic E-state index is 11.0. The zero-order valence-corrected chi connectivity index (χ0v) is 8.71. The largest absolute Gasteiger partial charge is 0.384 e. The molecule has 0 spiro atoms. The van der Waals surface area contributed by atoms with Crippen LogP contribution in [0.2, 0.25) is 0 Å². The first-order valence-corrected chi connectivity index (χ1v) is 4.63. The molecule has 0 aliphatic heterocycles. The Bertz CT molecular complexity index is 295. The van der Waals surface area contributed by atoms with Gasteiger partial charge in [-0.25, -0.2) is 0 Å². The Morgan fingerprint density at radius 1 is 1.46 bits per heavy atom. The van der Waals surface area contributed by atoms with Gasteiger partial charge in [0.1, 0.15) is 6.10 Å². The normalized spacial score (nSPS) is 12.2. The molecule has 13 heavy (non-hydrogen) atoms. The molecule has 1 aromatic rings. The Labute approximate surface area is 84.9 Å². The Morgan fingerprint density at radius 2 is 2.00 bits per heavy atom. The van der Waals surface area contributed by atoms with Crippen LogP contribution in [0.5, 0.6) is 0 Å². The molecule has 0 aromatic heterocycles. The van der Waals surface area contributed by atoms with E-state index in [4.69, 9.17) is 5.11 Å². The molecule has 1 amide bonds. The van der Waals surface area contributed by atoms with E-state index < -0.39 is 12.0 Å². The summed E-state index contributed by atoms with van der Waals surface area (Å²) in [4.78, 5) is 11.0. The molecular formula is C9H10BrNO2. The molecule has 0 aliphatic rings. The van der Waals surface area contributed by atoms with Crippen molar-refractivity contribution < 1.29 is 9.90 Å². The van der Waals surface area contributed by atoms with Gasteiger partial charge in [0.05, 0.1) is 0 Å². The fourth-order valence-corrected chi connectivity index (χ4v) is 1.04. The molecule has 1 atom stereocenters. The number of benzene rings is 1. The summed E-state index contributed by atoms with van der Waals surface area (Å²) in [5.74, 6) is -0.401. The van der Waals surface area contributed by atoms with E-state index in [0.29, 0.717) is 5.69 Å². The van der Waals surface area contributed by atoms with Crippen LogP contribution in [0.3, 0.4) is 0 Å². The maximum atomic E-state index is 11.0. The topological polar surface area (TPSA) is 49.3 Å². The smallest absolute Gasteiger partial charge is 0.252 e. The average molecular weight is 244 g/mol. The highest BCUT2D eigenvalue weighted by atomic mass is 79.9. The van der Waals surface area contributed by atoms with E-state index >= 15 is 0 Å². The Morgan fingerprint density at radius 3 is 2.46 bits per heavy atom. The summed E-state index contributed by atoms with van der Waals surface area (Å²) in [6.45, 7) is 1.42. The van der Waals surface area contributed by atoms with Crippen molar-refractivity contribution in [1.82, 2.24) is 0 Å². The summed E-state index contributed by atoms with van der Waals surface area (Å²) < 4.78 is 0.947. The van der Waals surface area contributed by atoms with Gasteiger partial charge in [0, 0.05) is 10.2 Å². The third kappa shape index (κ3) is 3.16. The number of carbonyl (C=O) groups is 1. The molecule has 4 heteroatoms. The zero-order chi connectivity index (χ0) is 9.84. The number of aliphatic hydroxyl groups is 1. The SMILES string of the molecule is C[C@H](O)C(=O)Nc1ccc(Br)cc1. The summed E-state index contributed by atoms with van der Waals surface area (Å²) >= 11 is 3.28. The van der Waals surface area contributed by atoms with E-state index in [9.17, 15) is 4.79 Å². The summed E-state index contributed by atoms with van der Waals surface area (Å²) in [7, 11) is 0. The summed E-state index contributed by atoms with van der Waals surface area (Å²) in [6.07, 6.45) is -0.983. The monoisotopic (exact) mass is 243 g/mol. The second-order valence-corrected chi connectivity index (χ2v) is 3.59. The summed E-state index contributed by atoms with van der Waals surface area (Å²) in [5.41, 5.74) is 0.675. The highest BCUT2D eigenvalue weighted by Crippen LogP contribution is 2.14. The van der Waals surface area contributed by atoms with Crippen LogP contribution in [-0.4, -0.2) is 17.1 Å². The molecule has 0 fully saturated rings. The van der Waals surface area contributed by atoms with Crippen molar-refractivity contribution in [3.63, 3.8) is 0 Å². The lowest BCUT2D eigenvalue weighted by Crippen LogP contribution is -2.24. The molecule has 0 unspecified atom stereocenters. The molecule has 0 aliphatic carbocycles. The number of carbonyl (C=O) groups excluding carboxylic acids is 1. The lowest BCUT2D eigenvalue weighted by molar-refractivity contribution is -0.123. The van der Waals surface area contributed by atoms with E-state index in [0.717, 1.165) is 4.47 Å². The van der Waals surface area contributed by atoms with Gasteiger partial charge < -0.3 is 10.4 Å². The average Bonchev–Trinajstić information content (AvgIpc) is 2.08. The third-order valence-corrected chi connectivity index (χ3v) is 2.02. The van der Waals surface area contributed by atoms with Crippen LogP contribution >= 0.6 is 15.9 Å². The fraction of sp³-hybridized carbons (Fsp3) is 0.222. The van der Waals surface area contributed by atoms with E-state index in [1.165, 1.54) is 6.92 Å². The van der Waals surface area contributed by atoms with Crippen LogP contribution in [-0.2, 0) is 4.79 Å². The van der Waals surface area contributed by atoms with Gasteiger partial charge in [-0.1, -0.05) is 15.9 Å². The molecule has 0 saturated heterocycles. The van der Waals surface area contributed by atoms with Crippen molar-refractivity contribution >= 4 is 27.5 Å². The van der Waals surface area contributed by atoms with E-state index in [1.807, 2.05) is 12.1 Å². The van der Waals surface area contributed by atoms with Crippen LogP contribution in [0.25, 0.3) is 0 Å². The number of nitrogens with one attached hydrogen (secondary N) is 1. The van der Waals surface area contributed by atoms with Crippen LogP contribution in [0.1, 0.15) is 6.92 Å². The van der Waals surface area contributed by atoms with E-state index in [-0.39, 0.29) is 0 Å². The molecule has 1 rings (SSSR count). The number of hydrogen-bond acceptors (Lipinski definition) is 2. The van der Waals surface area contributed by atoms with Gasteiger partial charge in [0.25, 0.3) is 5.91 Å². The molecule has 1 aromatic carbocycles. The quantitative estimate of drug-likeness (QED) is 0.832. The van der Waals surface area contributed by atoms with Gasteiger partial charge in [-0.15, -0.1) is 0 Å². The molecular weight excluding hydrogens is 234 g/mol. The second kappa shape index (κ2) is 4.39. The van der Waals surface area contributed by atoms with Crippen LogP contribution in [0.4, 0.5) is 5.69 Å². The van der Waals surface area contributed by atoms with Crippen molar-refractivity contribution in [2.45, 2.75) is 13.0 Å². The van der Waals surface area contributed by atoms with Gasteiger partial charge in [0.2, 0.25) is 0 Å². The van der Waals surface area contributed by atoms with Gasteiger partial charge in [0.15, 0.2) is 0 Å².